The van der Waals surface area contributed by atoms with Crippen molar-refractivity contribution in [3.05, 3.63) is 71.8 Å². The lowest BCUT2D eigenvalue weighted by atomic mass is 9.58. The molecule has 0 spiro atoms. The highest BCUT2D eigenvalue weighted by atomic mass is 16.5. The third-order valence-corrected chi connectivity index (χ3v) is 4.07. The summed E-state index contributed by atoms with van der Waals surface area (Å²) in [5, 5.41) is 0. The predicted octanol–water partition coefficient (Wildman–Crippen LogP) is 3.60. The van der Waals surface area contributed by atoms with Crippen molar-refractivity contribution in [1.29, 1.82) is 0 Å². The molecule has 0 aliphatic heterocycles. The zero-order valence-electron chi connectivity index (χ0n) is 14.4. The minimum atomic E-state index is -0.529. The van der Waals surface area contributed by atoms with E-state index in [9.17, 15) is 4.79 Å². The highest BCUT2D eigenvalue weighted by molar-refractivity contribution is 6.52. The second kappa shape index (κ2) is 9.94. The van der Waals surface area contributed by atoms with Crippen LogP contribution in [0.4, 0.5) is 0 Å². The molecule has 0 fully saturated rings. The van der Waals surface area contributed by atoms with Crippen molar-refractivity contribution in [3.8, 4) is 0 Å². The molecule has 0 aromatic heterocycles. The molecule has 126 valence electrons. The van der Waals surface area contributed by atoms with E-state index in [0.717, 1.165) is 24.0 Å². The molecular formula is C20H26BNO2. The first-order chi connectivity index (χ1) is 11.7. The van der Waals surface area contributed by atoms with Gasteiger partial charge in [0.25, 0.3) is 0 Å². The topological polar surface area (TPSA) is 52.3 Å². The van der Waals surface area contributed by atoms with Crippen molar-refractivity contribution < 1.29 is 9.45 Å². The van der Waals surface area contributed by atoms with Crippen LogP contribution in [0.5, 0.6) is 0 Å². The van der Waals surface area contributed by atoms with E-state index >= 15 is 0 Å². The van der Waals surface area contributed by atoms with Crippen molar-refractivity contribution in [2.24, 2.45) is 5.73 Å². The average Bonchev–Trinajstić information content (AvgIpc) is 2.61. The van der Waals surface area contributed by atoms with Gasteiger partial charge in [-0.2, -0.15) is 0 Å². The van der Waals surface area contributed by atoms with Crippen molar-refractivity contribution in [2.75, 3.05) is 0 Å². The van der Waals surface area contributed by atoms with Gasteiger partial charge in [-0.05, 0) is 19.1 Å². The van der Waals surface area contributed by atoms with Gasteiger partial charge >= 0.3 is 12.9 Å². The molecule has 2 N–H and O–H groups in total. The quantitative estimate of drug-likeness (QED) is 0.717. The molecule has 1 atom stereocenters. The zero-order chi connectivity index (χ0) is 17.2. The molecule has 0 heterocycles. The number of rotatable bonds is 9. The maximum atomic E-state index is 12.3. The summed E-state index contributed by atoms with van der Waals surface area (Å²) in [7, 11) is 0. The van der Waals surface area contributed by atoms with Gasteiger partial charge in [-0.1, -0.05) is 91.6 Å². The Labute approximate surface area is 145 Å². The summed E-state index contributed by atoms with van der Waals surface area (Å²) in [6.45, 7) is 1.89. The molecule has 2 aromatic carbocycles. The molecule has 0 aliphatic carbocycles. The largest absolute Gasteiger partial charge is 0.534 e. The van der Waals surface area contributed by atoms with E-state index in [4.69, 9.17) is 10.4 Å². The van der Waals surface area contributed by atoms with Crippen molar-refractivity contribution in [1.82, 2.24) is 0 Å². The smallest absolute Gasteiger partial charge is 0.370 e. The standard InChI is InChI=1S/C20H26BNO2/c1-2-3-14-19(22)20(23)24-21(15-17-10-6-4-7-11-17)16-18-12-8-5-9-13-18/h4-13,19H,2-3,14-16,22H2,1H3/t19-/m1/s1. The van der Waals surface area contributed by atoms with Crippen molar-refractivity contribution >= 4 is 12.9 Å². The first kappa shape index (κ1) is 18.3. The second-order valence-electron chi connectivity index (χ2n) is 6.19. The van der Waals surface area contributed by atoms with Crippen molar-refractivity contribution in [3.63, 3.8) is 0 Å². The fourth-order valence-corrected chi connectivity index (χ4v) is 2.70. The Balaban J connectivity index is 2.03. The SMILES string of the molecule is CCCC[C@@H](N)C(=O)OB(Cc1ccccc1)Cc1ccccc1. The minimum Gasteiger partial charge on any atom is -0.534 e. The van der Waals surface area contributed by atoms with Gasteiger partial charge in [0.15, 0.2) is 0 Å². The lowest BCUT2D eigenvalue weighted by molar-refractivity contribution is -0.136. The number of hydrogen-bond donors (Lipinski definition) is 1. The van der Waals surface area contributed by atoms with Crippen molar-refractivity contribution in [2.45, 2.75) is 44.9 Å². The van der Waals surface area contributed by atoms with Gasteiger partial charge in [0.1, 0.15) is 6.04 Å². The molecule has 0 radical (unpaired) electrons. The molecule has 0 amide bonds. The van der Waals surface area contributed by atoms with Gasteiger partial charge in [-0.25, -0.2) is 0 Å². The van der Waals surface area contributed by atoms with E-state index in [2.05, 4.69) is 31.2 Å². The van der Waals surface area contributed by atoms with Crippen LogP contribution in [0.2, 0.25) is 0 Å². The van der Waals surface area contributed by atoms with Crippen LogP contribution in [0.3, 0.4) is 0 Å². The number of carbonyl (C=O) groups is 1. The Morgan fingerprint density at radius 1 is 1.00 bits per heavy atom. The third kappa shape index (κ3) is 6.21. The minimum absolute atomic E-state index is 0.199. The molecule has 4 heteroatoms. The Kier molecular flexibility index (Phi) is 7.57. The van der Waals surface area contributed by atoms with Gasteiger partial charge in [0.2, 0.25) is 0 Å². The molecule has 0 saturated carbocycles. The first-order valence-electron chi connectivity index (χ1n) is 8.73. The average molecular weight is 323 g/mol. The molecule has 2 rings (SSSR count). The molecule has 2 aromatic rings. The van der Waals surface area contributed by atoms with Crippen LogP contribution in [0.1, 0.15) is 37.3 Å². The van der Waals surface area contributed by atoms with Gasteiger partial charge < -0.3 is 10.4 Å². The molecule has 0 bridgehead atoms. The van der Waals surface area contributed by atoms with Crippen LogP contribution in [0, 0.1) is 0 Å². The second-order valence-corrected chi connectivity index (χ2v) is 6.19. The monoisotopic (exact) mass is 323 g/mol. The normalized spacial score (nSPS) is 11.8. The van der Waals surface area contributed by atoms with Crippen LogP contribution < -0.4 is 5.73 Å². The summed E-state index contributed by atoms with van der Waals surface area (Å²) >= 11 is 0. The highest BCUT2D eigenvalue weighted by Gasteiger charge is 2.25. The van der Waals surface area contributed by atoms with Gasteiger partial charge in [-0.3, -0.25) is 4.79 Å². The third-order valence-electron chi connectivity index (χ3n) is 4.07. The Hall–Kier alpha value is -2.07. The van der Waals surface area contributed by atoms with Crippen LogP contribution in [0.25, 0.3) is 0 Å². The van der Waals surface area contributed by atoms with E-state index in [0.29, 0.717) is 19.1 Å². The molecule has 24 heavy (non-hydrogen) atoms. The number of benzene rings is 2. The summed E-state index contributed by atoms with van der Waals surface area (Å²) in [5.41, 5.74) is 8.28. The van der Waals surface area contributed by atoms with E-state index in [-0.39, 0.29) is 12.9 Å². The Morgan fingerprint density at radius 2 is 1.50 bits per heavy atom. The number of hydrogen-bond acceptors (Lipinski definition) is 3. The first-order valence-corrected chi connectivity index (χ1v) is 8.73. The van der Waals surface area contributed by atoms with E-state index < -0.39 is 6.04 Å². The summed E-state index contributed by atoms with van der Waals surface area (Å²) in [4.78, 5) is 12.3. The van der Waals surface area contributed by atoms with Gasteiger partial charge in [0, 0.05) is 0 Å². The fraction of sp³-hybridized carbons (Fsp3) is 0.350. The molecular weight excluding hydrogens is 297 g/mol. The zero-order valence-corrected chi connectivity index (χ0v) is 14.4. The highest BCUT2D eigenvalue weighted by Crippen LogP contribution is 2.11. The maximum Gasteiger partial charge on any atom is 0.370 e. The summed E-state index contributed by atoms with van der Waals surface area (Å²) < 4.78 is 5.75. The number of nitrogens with two attached hydrogens (primary N) is 1. The van der Waals surface area contributed by atoms with E-state index in [1.165, 1.54) is 0 Å². The predicted molar refractivity (Wildman–Crippen MR) is 99.6 cm³/mol. The van der Waals surface area contributed by atoms with Gasteiger partial charge in [0.05, 0.1) is 0 Å². The number of unbranched alkanes of at least 4 members (excludes halogenated alkanes) is 1. The Bertz CT molecular complexity index is 562. The molecule has 0 saturated heterocycles. The molecule has 0 aliphatic rings. The summed E-state index contributed by atoms with van der Waals surface area (Å²) in [6.07, 6.45) is 4.04. The van der Waals surface area contributed by atoms with Gasteiger partial charge in [-0.15, -0.1) is 0 Å². The number of carbonyl (C=O) groups excluding carboxylic acids is 1. The maximum absolute atomic E-state index is 12.3. The Morgan fingerprint density at radius 3 is 1.96 bits per heavy atom. The van der Waals surface area contributed by atoms with E-state index in [1.54, 1.807) is 0 Å². The lowest BCUT2D eigenvalue weighted by Crippen LogP contribution is -2.38. The van der Waals surface area contributed by atoms with Crippen LogP contribution in [-0.2, 0) is 22.1 Å². The van der Waals surface area contributed by atoms with Crippen LogP contribution >= 0.6 is 0 Å². The van der Waals surface area contributed by atoms with Crippen LogP contribution in [-0.4, -0.2) is 18.9 Å². The molecule has 3 nitrogen and oxygen atoms in total. The summed E-state index contributed by atoms with van der Waals surface area (Å²) in [6, 6.07) is 19.7. The van der Waals surface area contributed by atoms with E-state index in [1.807, 2.05) is 36.4 Å². The van der Waals surface area contributed by atoms with Crippen LogP contribution in [0.15, 0.2) is 60.7 Å². The lowest BCUT2D eigenvalue weighted by Gasteiger charge is -2.18. The fourth-order valence-electron chi connectivity index (χ4n) is 2.70. The summed E-state index contributed by atoms with van der Waals surface area (Å²) in [5.74, 6) is -0.291. The molecule has 0 unspecified atom stereocenters.